The molecule has 6 nitrogen and oxygen atoms in total. The maximum absolute atomic E-state index is 8.56. The largest absolute Gasteiger partial charge is 0.439 e. The molecule has 0 amide bonds. The van der Waals surface area contributed by atoms with Crippen LogP contribution in [0.4, 0.5) is 5.95 Å². The van der Waals surface area contributed by atoms with Gasteiger partial charge in [-0.25, -0.2) is 10.8 Å². The first-order valence-electron chi connectivity index (χ1n) is 5.25. The molecule has 0 bridgehead atoms. The number of hydrogen-bond acceptors (Lipinski definition) is 6. The summed E-state index contributed by atoms with van der Waals surface area (Å²) in [6.07, 6.45) is 1.93. The number of anilines is 1. The van der Waals surface area contributed by atoms with Crippen LogP contribution < -0.4 is 16.0 Å². The van der Waals surface area contributed by atoms with Crippen molar-refractivity contribution in [2.24, 2.45) is 5.84 Å². The van der Waals surface area contributed by atoms with Gasteiger partial charge in [0.15, 0.2) is 0 Å². The van der Waals surface area contributed by atoms with E-state index in [1.807, 2.05) is 12.1 Å². The Balaban J connectivity index is 2.11. The number of nitrogen functional groups attached to an aromatic ring is 1. The van der Waals surface area contributed by atoms with Gasteiger partial charge in [-0.15, -0.1) is 0 Å². The van der Waals surface area contributed by atoms with Crippen LogP contribution in [0, 0.1) is 11.3 Å². The number of benzene rings is 1. The molecule has 6 heteroatoms. The van der Waals surface area contributed by atoms with E-state index in [-0.39, 0.29) is 5.95 Å². The van der Waals surface area contributed by atoms with Crippen LogP contribution in [0.15, 0.2) is 36.5 Å². The molecular formula is C12H11N5O. The van der Waals surface area contributed by atoms with E-state index in [0.717, 1.165) is 5.56 Å². The quantitative estimate of drug-likeness (QED) is 0.623. The maximum atomic E-state index is 8.56. The van der Waals surface area contributed by atoms with Crippen molar-refractivity contribution < 1.29 is 4.74 Å². The van der Waals surface area contributed by atoms with E-state index in [4.69, 9.17) is 15.8 Å². The Morgan fingerprint density at radius 2 is 2.06 bits per heavy atom. The van der Waals surface area contributed by atoms with Crippen molar-refractivity contribution in [2.75, 3.05) is 5.43 Å². The van der Waals surface area contributed by atoms with Crippen molar-refractivity contribution in [1.82, 2.24) is 9.97 Å². The Kier molecular flexibility index (Phi) is 3.69. The van der Waals surface area contributed by atoms with Crippen LogP contribution in [0.1, 0.15) is 5.56 Å². The van der Waals surface area contributed by atoms with Gasteiger partial charge >= 0.3 is 0 Å². The number of hydrazine groups is 1. The highest BCUT2D eigenvalue weighted by Gasteiger charge is 2.01. The Bertz CT molecular complexity index is 561. The molecule has 18 heavy (non-hydrogen) atoms. The van der Waals surface area contributed by atoms with E-state index in [9.17, 15) is 0 Å². The molecule has 0 fully saturated rings. The molecule has 1 aromatic heterocycles. The molecule has 0 saturated carbocycles. The van der Waals surface area contributed by atoms with Gasteiger partial charge in [0.05, 0.1) is 12.5 Å². The predicted molar refractivity (Wildman–Crippen MR) is 65.7 cm³/mol. The summed E-state index contributed by atoms with van der Waals surface area (Å²) in [5, 5.41) is 8.56. The van der Waals surface area contributed by atoms with Crippen LogP contribution in [0.2, 0.25) is 0 Å². The molecule has 0 saturated heterocycles. The van der Waals surface area contributed by atoms with Crippen molar-refractivity contribution in [3.63, 3.8) is 0 Å². The molecule has 0 aliphatic carbocycles. The zero-order valence-corrected chi connectivity index (χ0v) is 9.50. The summed E-state index contributed by atoms with van der Waals surface area (Å²) in [6.45, 7) is 0. The molecule has 90 valence electrons. The van der Waals surface area contributed by atoms with Gasteiger partial charge in [-0.05, 0) is 17.7 Å². The molecule has 1 heterocycles. The molecular weight excluding hydrogens is 230 g/mol. The monoisotopic (exact) mass is 241 g/mol. The number of nitriles is 1. The fraction of sp³-hybridized carbons (Fsp3) is 0.0833. The summed E-state index contributed by atoms with van der Waals surface area (Å²) < 4.78 is 5.52. The average Bonchev–Trinajstić information content (AvgIpc) is 2.42. The normalized spacial score (nSPS) is 9.56. The summed E-state index contributed by atoms with van der Waals surface area (Å²) in [7, 11) is 0. The average molecular weight is 241 g/mol. The van der Waals surface area contributed by atoms with Crippen LogP contribution in [-0.2, 0) is 6.42 Å². The third kappa shape index (κ3) is 2.93. The molecule has 0 radical (unpaired) electrons. The van der Waals surface area contributed by atoms with E-state index < -0.39 is 0 Å². The Labute approximate surface area is 104 Å². The topological polar surface area (TPSA) is 96.8 Å². The minimum Gasteiger partial charge on any atom is -0.439 e. The van der Waals surface area contributed by atoms with Gasteiger partial charge in [-0.2, -0.15) is 10.2 Å². The van der Waals surface area contributed by atoms with Gasteiger partial charge in [0.1, 0.15) is 5.75 Å². The predicted octanol–water partition coefficient (Wildman–Crippen LogP) is 1.62. The first kappa shape index (κ1) is 11.8. The smallest absolute Gasteiger partial charge is 0.240 e. The zero-order valence-electron chi connectivity index (χ0n) is 9.50. The number of ether oxygens (including phenoxy) is 1. The van der Waals surface area contributed by atoms with Crippen molar-refractivity contribution in [3.05, 3.63) is 42.1 Å². The van der Waals surface area contributed by atoms with E-state index in [1.165, 1.54) is 0 Å². The van der Waals surface area contributed by atoms with Gasteiger partial charge in [0.25, 0.3) is 0 Å². The molecule has 3 N–H and O–H groups in total. The van der Waals surface area contributed by atoms with Gasteiger partial charge in [0.2, 0.25) is 11.8 Å². The molecule has 0 atom stereocenters. The second kappa shape index (κ2) is 5.61. The number of nitrogens with one attached hydrogen (secondary N) is 1. The minimum absolute atomic E-state index is 0.286. The van der Waals surface area contributed by atoms with Gasteiger partial charge in [-0.1, -0.05) is 12.1 Å². The fourth-order valence-corrected chi connectivity index (χ4v) is 1.36. The summed E-state index contributed by atoms with van der Waals surface area (Å²) in [4.78, 5) is 7.90. The van der Waals surface area contributed by atoms with Crippen molar-refractivity contribution in [1.29, 1.82) is 5.26 Å². The lowest BCUT2D eigenvalue weighted by Crippen LogP contribution is -2.10. The number of aromatic nitrogens is 2. The van der Waals surface area contributed by atoms with Gasteiger partial charge in [0, 0.05) is 12.3 Å². The molecule has 2 rings (SSSR count). The summed E-state index contributed by atoms with van der Waals surface area (Å²) in [6, 6.07) is 10.9. The van der Waals surface area contributed by atoms with E-state index in [0.29, 0.717) is 18.1 Å². The Hall–Kier alpha value is -2.65. The fourth-order valence-electron chi connectivity index (χ4n) is 1.36. The lowest BCUT2D eigenvalue weighted by molar-refractivity contribution is 0.462. The second-order valence-electron chi connectivity index (χ2n) is 3.44. The van der Waals surface area contributed by atoms with Crippen LogP contribution in [0.5, 0.6) is 11.6 Å². The number of nitrogens with zero attached hydrogens (tertiary/aromatic N) is 3. The molecule has 0 unspecified atom stereocenters. The lowest BCUT2D eigenvalue weighted by Gasteiger charge is -2.05. The number of nitrogens with two attached hydrogens (primary N) is 1. The van der Waals surface area contributed by atoms with Crippen LogP contribution >= 0.6 is 0 Å². The molecule has 2 aromatic rings. The van der Waals surface area contributed by atoms with Crippen LogP contribution in [0.25, 0.3) is 0 Å². The second-order valence-corrected chi connectivity index (χ2v) is 3.44. The first-order chi connectivity index (χ1) is 8.81. The third-order valence-electron chi connectivity index (χ3n) is 2.19. The summed E-state index contributed by atoms with van der Waals surface area (Å²) in [5.41, 5.74) is 3.28. The first-order valence-corrected chi connectivity index (χ1v) is 5.25. The molecule has 0 spiro atoms. The molecule has 0 aliphatic heterocycles. The minimum atomic E-state index is 0.286. The highest BCUT2D eigenvalue weighted by atomic mass is 16.5. The van der Waals surface area contributed by atoms with Crippen molar-refractivity contribution >= 4 is 5.95 Å². The lowest BCUT2D eigenvalue weighted by atomic mass is 10.2. The summed E-state index contributed by atoms with van der Waals surface area (Å²) >= 11 is 0. The maximum Gasteiger partial charge on any atom is 0.240 e. The standard InChI is InChI=1S/C12H11N5O/c13-7-5-9-1-3-10(4-2-9)18-11-6-8-15-12(16-11)17-14/h1-4,6,8H,5,14H2,(H,15,16,17). The number of rotatable bonds is 4. The number of hydrogen-bond donors (Lipinski definition) is 2. The van der Waals surface area contributed by atoms with E-state index >= 15 is 0 Å². The summed E-state index contributed by atoms with van der Waals surface area (Å²) in [5.74, 6) is 6.52. The van der Waals surface area contributed by atoms with Gasteiger partial charge < -0.3 is 4.74 Å². The molecule has 1 aromatic carbocycles. The van der Waals surface area contributed by atoms with Crippen molar-refractivity contribution in [3.8, 4) is 17.7 Å². The van der Waals surface area contributed by atoms with Crippen LogP contribution in [-0.4, -0.2) is 9.97 Å². The van der Waals surface area contributed by atoms with Crippen molar-refractivity contribution in [2.45, 2.75) is 6.42 Å². The Morgan fingerprint density at radius 3 is 2.72 bits per heavy atom. The van der Waals surface area contributed by atoms with E-state index in [1.54, 1.807) is 24.4 Å². The molecule has 0 aliphatic rings. The van der Waals surface area contributed by atoms with Crippen LogP contribution in [0.3, 0.4) is 0 Å². The SMILES string of the molecule is N#CCc1ccc(Oc2ccnc(NN)n2)cc1. The highest BCUT2D eigenvalue weighted by Crippen LogP contribution is 2.20. The highest BCUT2D eigenvalue weighted by molar-refractivity contribution is 5.33. The Morgan fingerprint density at radius 1 is 1.28 bits per heavy atom. The third-order valence-corrected chi connectivity index (χ3v) is 2.19. The zero-order chi connectivity index (χ0) is 12.8. The van der Waals surface area contributed by atoms with Gasteiger partial charge in [-0.3, -0.25) is 5.43 Å². The van der Waals surface area contributed by atoms with E-state index in [2.05, 4.69) is 21.5 Å².